The number of aromatic nitrogens is 2. The van der Waals surface area contributed by atoms with E-state index in [0.717, 1.165) is 18.5 Å². The van der Waals surface area contributed by atoms with Crippen LogP contribution in [0.3, 0.4) is 0 Å². The van der Waals surface area contributed by atoms with E-state index in [9.17, 15) is 4.79 Å². The summed E-state index contributed by atoms with van der Waals surface area (Å²) in [6.45, 7) is 2.79. The summed E-state index contributed by atoms with van der Waals surface area (Å²) in [5, 5.41) is 12.6. The van der Waals surface area contributed by atoms with Gasteiger partial charge >= 0.3 is 6.03 Å². The highest BCUT2D eigenvalue weighted by atomic mass is 32.1. The van der Waals surface area contributed by atoms with Crippen LogP contribution in [0.15, 0.2) is 46.5 Å². The quantitative estimate of drug-likeness (QED) is 0.767. The van der Waals surface area contributed by atoms with Crippen molar-refractivity contribution >= 4 is 23.1 Å². The van der Waals surface area contributed by atoms with E-state index in [1.54, 1.807) is 11.3 Å². The SMILES string of the molecule is C[C@H]1c2ccsc2CCN1C(=O)Nc1cccc(-c2nnco2)c1. The zero-order valence-electron chi connectivity index (χ0n) is 13.1. The topological polar surface area (TPSA) is 71.3 Å². The van der Waals surface area contributed by atoms with Gasteiger partial charge in [0.1, 0.15) is 0 Å². The van der Waals surface area contributed by atoms with Crippen LogP contribution in [0.4, 0.5) is 10.5 Å². The number of amides is 2. The van der Waals surface area contributed by atoms with E-state index in [2.05, 4.69) is 33.9 Å². The molecule has 2 amide bonds. The Hall–Kier alpha value is -2.67. The lowest BCUT2D eigenvalue weighted by Gasteiger charge is -2.33. The van der Waals surface area contributed by atoms with Gasteiger partial charge < -0.3 is 14.6 Å². The standard InChI is InChI=1S/C17H16N4O2S/c1-11-14-6-8-24-15(14)5-7-21(11)17(22)19-13-4-2-3-12(9-13)16-20-18-10-23-16/h2-4,6,8-11H,5,7H2,1H3,(H,19,22)/t11-/m0/s1. The van der Waals surface area contributed by atoms with E-state index in [-0.39, 0.29) is 12.1 Å². The zero-order chi connectivity index (χ0) is 16.5. The monoisotopic (exact) mass is 340 g/mol. The number of carbonyl (C=O) groups excluding carboxylic acids is 1. The minimum absolute atomic E-state index is 0.0825. The molecule has 1 aliphatic rings. The number of rotatable bonds is 2. The first kappa shape index (κ1) is 14.9. The Kier molecular flexibility index (Phi) is 3.78. The summed E-state index contributed by atoms with van der Waals surface area (Å²) >= 11 is 1.77. The molecule has 122 valence electrons. The minimum atomic E-state index is -0.0953. The highest BCUT2D eigenvalue weighted by molar-refractivity contribution is 7.10. The molecule has 0 radical (unpaired) electrons. The summed E-state index contributed by atoms with van der Waals surface area (Å²) in [4.78, 5) is 15.9. The predicted molar refractivity (Wildman–Crippen MR) is 91.9 cm³/mol. The smallest absolute Gasteiger partial charge is 0.322 e. The molecule has 24 heavy (non-hydrogen) atoms. The van der Waals surface area contributed by atoms with Gasteiger partial charge in [-0.1, -0.05) is 6.07 Å². The van der Waals surface area contributed by atoms with Crippen molar-refractivity contribution < 1.29 is 9.21 Å². The van der Waals surface area contributed by atoms with E-state index in [1.165, 1.54) is 16.8 Å². The van der Waals surface area contributed by atoms with Crippen LogP contribution in [0.5, 0.6) is 0 Å². The maximum atomic E-state index is 12.7. The molecule has 7 heteroatoms. The summed E-state index contributed by atoms with van der Waals surface area (Å²) in [5.74, 6) is 0.431. The number of anilines is 1. The predicted octanol–water partition coefficient (Wildman–Crippen LogP) is 3.95. The van der Waals surface area contributed by atoms with Gasteiger partial charge in [0.25, 0.3) is 0 Å². The van der Waals surface area contributed by atoms with E-state index in [4.69, 9.17) is 4.42 Å². The van der Waals surface area contributed by atoms with Crippen LogP contribution in [-0.4, -0.2) is 27.7 Å². The van der Waals surface area contributed by atoms with Crippen molar-refractivity contribution in [2.75, 3.05) is 11.9 Å². The maximum absolute atomic E-state index is 12.7. The van der Waals surface area contributed by atoms with Crippen LogP contribution in [0.2, 0.25) is 0 Å². The van der Waals surface area contributed by atoms with Gasteiger partial charge in [-0.05, 0) is 48.6 Å². The molecular weight excluding hydrogens is 324 g/mol. The van der Waals surface area contributed by atoms with Gasteiger partial charge in [0.15, 0.2) is 0 Å². The van der Waals surface area contributed by atoms with Gasteiger partial charge in [0, 0.05) is 22.7 Å². The van der Waals surface area contributed by atoms with Gasteiger partial charge in [-0.25, -0.2) is 4.79 Å². The average molecular weight is 340 g/mol. The number of fused-ring (bicyclic) bond motifs is 1. The lowest BCUT2D eigenvalue weighted by atomic mass is 10.0. The Bertz CT molecular complexity index is 859. The lowest BCUT2D eigenvalue weighted by molar-refractivity contribution is 0.189. The van der Waals surface area contributed by atoms with Crippen LogP contribution in [0.1, 0.15) is 23.4 Å². The number of urea groups is 1. The molecule has 1 aliphatic heterocycles. The Morgan fingerprint density at radius 2 is 2.33 bits per heavy atom. The summed E-state index contributed by atoms with van der Waals surface area (Å²) in [7, 11) is 0. The fraction of sp³-hybridized carbons (Fsp3) is 0.235. The fourth-order valence-electron chi connectivity index (χ4n) is 3.01. The number of thiophene rings is 1. The molecule has 2 aromatic heterocycles. The molecule has 4 rings (SSSR count). The summed E-state index contributed by atoms with van der Waals surface area (Å²) in [5.41, 5.74) is 2.73. The van der Waals surface area contributed by atoms with Crippen molar-refractivity contribution in [2.24, 2.45) is 0 Å². The molecular formula is C17H16N4O2S. The maximum Gasteiger partial charge on any atom is 0.322 e. The number of nitrogens with one attached hydrogen (secondary N) is 1. The minimum Gasteiger partial charge on any atom is -0.423 e. The Balaban J connectivity index is 1.52. The number of nitrogens with zero attached hydrogens (tertiary/aromatic N) is 3. The van der Waals surface area contributed by atoms with E-state index in [0.29, 0.717) is 11.6 Å². The normalized spacial score (nSPS) is 16.7. The molecule has 0 saturated carbocycles. The average Bonchev–Trinajstić information content (AvgIpc) is 3.27. The summed E-state index contributed by atoms with van der Waals surface area (Å²) in [6, 6.07) is 9.50. The van der Waals surface area contributed by atoms with Gasteiger partial charge in [-0.15, -0.1) is 21.5 Å². The first-order valence-corrected chi connectivity index (χ1v) is 8.61. The van der Waals surface area contributed by atoms with Crippen molar-refractivity contribution in [3.05, 3.63) is 52.5 Å². The molecule has 0 aliphatic carbocycles. The first-order valence-electron chi connectivity index (χ1n) is 7.73. The fourth-order valence-corrected chi connectivity index (χ4v) is 3.97. The molecule has 6 nitrogen and oxygen atoms in total. The number of benzene rings is 1. The molecule has 0 spiro atoms. The molecule has 3 heterocycles. The van der Waals surface area contributed by atoms with E-state index < -0.39 is 0 Å². The number of hydrogen-bond acceptors (Lipinski definition) is 5. The number of hydrogen-bond donors (Lipinski definition) is 1. The molecule has 0 unspecified atom stereocenters. The highest BCUT2D eigenvalue weighted by Gasteiger charge is 2.28. The molecule has 0 fully saturated rings. The Morgan fingerprint density at radius 3 is 3.17 bits per heavy atom. The van der Waals surface area contributed by atoms with Gasteiger partial charge in [0.2, 0.25) is 12.3 Å². The van der Waals surface area contributed by atoms with Gasteiger partial charge in [-0.3, -0.25) is 0 Å². The highest BCUT2D eigenvalue weighted by Crippen LogP contribution is 2.33. The molecule has 0 saturated heterocycles. The second-order valence-corrected chi connectivity index (χ2v) is 6.67. The molecule has 3 aromatic rings. The Labute approximate surface area is 143 Å². The lowest BCUT2D eigenvalue weighted by Crippen LogP contribution is -2.40. The van der Waals surface area contributed by atoms with E-state index >= 15 is 0 Å². The van der Waals surface area contributed by atoms with Gasteiger partial charge in [-0.2, -0.15) is 0 Å². The van der Waals surface area contributed by atoms with Crippen molar-refractivity contribution in [2.45, 2.75) is 19.4 Å². The van der Waals surface area contributed by atoms with Gasteiger partial charge in [0.05, 0.1) is 6.04 Å². The molecule has 0 bridgehead atoms. The van der Waals surface area contributed by atoms with Crippen molar-refractivity contribution in [3.63, 3.8) is 0 Å². The van der Waals surface area contributed by atoms with Crippen LogP contribution >= 0.6 is 11.3 Å². The van der Waals surface area contributed by atoms with Crippen LogP contribution < -0.4 is 5.32 Å². The molecule has 1 aromatic carbocycles. The summed E-state index contributed by atoms with van der Waals surface area (Å²) < 4.78 is 5.20. The third-order valence-corrected chi connectivity index (χ3v) is 5.26. The van der Waals surface area contributed by atoms with Crippen molar-refractivity contribution in [1.82, 2.24) is 15.1 Å². The van der Waals surface area contributed by atoms with Crippen molar-refractivity contribution in [1.29, 1.82) is 0 Å². The Morgan fingerprint density at radius 1 is 1.42 bits per heavy atom. The van der Waals surface area contributed by atoms with Crippen LogP contribution in [-0.2, 0) is 6.42 Å². The second-order valence-electron chi connectivity index (χ2n) is 5.67. The van der Waals surface area contributed by atoms with Crippen molar-refractivity contribution in [3.8, 4) is 11.5 Å². The van der Waals surface area contributed by atoms with Crippen LogP contribution in [0, 0.1) is 0 Å². The first-order chi connectivity index (χ1) is 11.7. The zero-order valence-corrected chi connectivity index (χ0v) is 13.9. The van der Waals surface area contributed by atoms with E-state index in [1.807, 2.05) is 29.2 Å². The largest absolute Gasteiger partial charge is 0.423 e. The third kappa shape index (κ3) is 2.67. The summed E-state index contributed by atoms with van der Waals surface area (Å²) in [6.07, 6.45) is 2.20. The second kappa shape index (κ2) is 6.09. The van der Waals surface area contributed by atoms with Crippen LogP contribution in [0.25, 0.3) is 11.5 Å². The molecule has 1 N–H and O–H groups in total. The molecule has 1 atom stereocenters. The number of carbonyl (C=O) groups is 1. The third-order valence-electron chi connectivity index (χ3n) is 4.26.